The molecule has 0 aliphatic rings. The Hall–Kier alpha value is -1.86. The highest BCUT2D eigenvalue weighted by atomic mass is 32.1. The molecule has 0 saturated carbocycles. The van der Waals surface area contributed by atoms with Crippen LogP contribution in [0.2, 0.25) is 0 Å². The van der Waals surface area contributed by atoms with E-state index in [0.717, 1.165) is 11.3 Å². The van der Waals surface area contributed by atoms with Crippen LogP contribution in [0.25, 0.3) is 0 Å². The van der Waals surface area contributed by atoms with Crippen molar-refractivity contribution in [3.63, 3.8) is 0 Å². The summed E-state index contributed by atoms with van der Waals surface area (Å²) < 4.78 is 0. The van der Waals surface area contributed by atoms with Crippen LogP contribution < -0.4 is 0 Å². The highest BCUT2D eigenvalue weighted by molar-refractivity contribution is 7.84. The summed E-state index contributed by atoms with van der Waals surface area (Å²) in [6.45, 7) is 3.73. The first kappa shape index (κ1) is 13.2. The van der Waals surface area contributed by atoms with Gasteiger partial charge in [0.05, 0.1) is 17.3 Å². The van der Waals surface area contributed by atoms with Gasteiger partial charge in [-0.05, 0) is 32.1 Å². The number of azo groups is 1. The summed E-state index contributed by atoms with van der Waals surface area (Å²) in [4.78, 5) is 0. The number of thiol groups is 1. The van der Waals surface area contributed by atoms with Gasteiger partial charge in [-0.15, -0.1) is 17.7 Å². The third kappa shape index (κ3) is 4.66. The smallest absolute Gasteiger partial charge is 0.117 e. The van der Waals surface area contributed by atoms with Gasteiger partial charge in [0.2, 0.25) is 0 Å². The van der Waals surface area contributed by atoms with E-state index in [-0.39, 0.29) is 0 Å². The number of allylic oxidation sites excluding steroid dienone is 3. The third-order valence-electron chi connectivity index (χ3n) is 1.96. The minimum absolute atomic E-state index is 0.409. The minimum Gasteiger partial charge on any atom is -0.192 e. The molecule has 4 heteroatoms. The molecule has 0 N–H and O–H groups in total. The molecule has 86 valence electrons. The number of rotatable bonds is 3. The fourth-order valence-corrected chi connectivity index (χ4v) is 1.22. The van der Waals surface area contributed by atoms with Crippen molar-refractivity contribution in [1.82, 2.24) is 0 Å². The maximum Gasteiger partial charge on any atom is 0.117 e. The summed E-state index contributed by atoms with van der Waals surface area (Å²) in [6, 6.07) is 11.4. The quantitative estimate of drug-likeness (QED) is 0.363. The van der Waals surface area contributed by atoms with Crippen LogP contribution in [0.5, 0.6) is 0 Å². The fraction of sp³-hybridized carbons (Fsp3) is 0.154. The molecule has 0 spiro atoms. The van der Waals surface area contributed by atoms with Crippen molar-refractivity contribution in [3.05, 3.63) is 52.6 Å². The zero-order chi connectivity index (χ0) is 12.7. The maximum absolute atomic E-state index is 8.87. The molecule has 1 rings (SSSR count). The average molecular weight is 243 g/mol. The van der Waals surface area contributed by atoms with Gasteiger partial charge in [-0.25, -0.2) is 0 Å². The van der Waals surface area contributed by atoms with Crippen LogP contribution in [0.15, 0.2) is 62.8 Å². The number of benzene rings is 1. The summed E-state index contributed by atoms with van der Waals surface area (Å²) >= 11 is 4.16. The largest absolute Gasteiger partial charge is 0.192 e. The highest BCUT2D eigenvalue weighted by Crippen LogP contribution is 2.16. The first-order valence-corrected chi connectivity index (χ1v) is 5.53. The predicted molar refractivity (Wildman–Crippen MR) is 72.0 cm³/mol. The van der Waals surface area contributed by atoms with Crippen LogP contribution in [-0.2, 0) is 0 Å². The van der Waals surface area contributed by atoms with Gasteiger partial charge >= 0.3 is 0 Å². The van der Waals surface area contributed by atoms with Crippen molar-refractivity contribution < 1.29 is 0 Å². The Balaban J connectivity index is 2.84. The fourth-order valence-electron chi connectivity index (χ4n) is 1.05. The van der Waals surface area contributed by atoms with E-state index >= 15 is 0 Å². The predicted octanol–water partition coefficient (Wildman–Crippen LogP) is 4.40. The molecule has 17 heavy (non-hydrogen) atoms. The van der Waals surface area contributed by atoms with Crippen molar-refractivity contribution in [2.24, 2.45) is 10.2 Å². The molecule has 0 radical (unpaired) electrons. The number of nitriles is 1. The Labute approximate surface area is 107 Å². The maximum atomic E-state index is 8.87. The van der Waals surface area contributed by atoms with E-state index in [1.54, 1.807) is 6.08 Å². The Bertz CT molecular complexity index is 503. The van der Waals surface area contributed by atoms with Gasteiger partial charge in [0.25, 0.3) is 0 Å². The molecule has 0 bridgehead atoms. The van der Waals surface area contributed by atoms with E-state index in [1.165, 1.54) is 0 Å². The average Bonchev–Trinajstić information content (AvgIpc) is 2.34. The first-order chi connectivity index (χ1) is 8.13. The molecule has 1 aromatic rings. The molecule has 0 heterocycles. The lowest BCUT2D eigenvalue weighted by Gasteiger charge is -1.94. The molecular formula is C13H13N3S. The van der Waals surface area contributed by atoms with Crippen molar-refractivity contribution in [2.75, 3.05) is 0 Å². The second-order valence-electron chi connectivity index (χ2n) is 3.56. The molecule has 0 fully saturated rings. The topological polar surface area (TPSA) is 48.5 Å². The zero-order valence-corrected chi connectivity index (χ0v) is 10.6. The SMILES string of the molecule is CC(C)=C(C#N)/C=C(\S)N=Nc1ccccc1. The first-order valence-electron chi connectivity index (χ1n) is 5.08. The molecule has 0 aromatic heterocycles. The summed E-state index contributed by atoms with van der Waals surface area (Å²) in [6.07, 6.45) is 1.60. The van der Waals surface area contributed by atoms with E-state index in [1.807, 2.05) is 44.2 Å². The molecule has 0 aliphatic carbocycles. The van der Waals surface area contributed by atoms with Gasteiger partial charge in [-0.3, -0.25) is 0 Å². The molecule has 0 aliphatic heterocycles. The second-order valence-corrected chi connectivity index (χ2v) is 4.02. The van der Waals surface area contributed by atoms with Gasteiger partial charge in [0.1, 0.15) is 5.03 Å². The van der Waals surface area contributed by atoms with Crippen LogP contribution in [0.4, 0.5) is 5.69 Å². The van der Waals surface area contributed by atoms with E-state index in [4.69, 9.17) is 5.26 Å². The number of hydrogen-bond acceptors (Lipinski definition) is 4. The van der Waals surface area contributed by atoms with Gasteiger partial charge in [0, 0.05) is 0 Å². The Kier molecular flexibility index (Phi) is 5.18. The molecule has 0 atom stereocenters. The van der Waals surface area contributed by atoms with Crippen molar-refractivity contribution in [1.29, 1.82) is 5.26 Å². The monoisotopic (exact) mass is 243 g/mol. The van der Waals surface area contributed by atoms with E-state index < -0.39 is 0 Å². The van der Waals surface area contributed by atoms with Crippen molar-refractivity contribution in [2.45, 2.75) is 13.8 Å². The van der Waals surface area contributed by atoms with Crippen LogP contribution >= 0.6 is 12.6 Å². The minimum atomic E-state index is 0.409. The summed E-state index contributed by atoms with van der Waals surface area (Å²) in [5, 5.41) is 17.2. The molecular weight excluding hydrogens is 230 g/mol. The summed E-state index contributed by atoms with van der Waals surface area (Å²) in [7, 11) is 0. The standard InChI is InChI=1S/C13H13N3S/c1-10(2)11(9-14)8-13(17)16-15-12-6-4-3-5-7-12/h3-8,17H,1-2H3/b13-8-,16-15?. The van der Waals surface area contributed by atoms with Crippen LogP contribution in [0.1, 0.15) is 13.8 Å². The summed E-state index contributed by atoms with van der Waals surface area (Å²) in [5.74, 6) is 0. The normalized spacial score (nSPS) is 11.3. The van der Waals surface area contributed by atoms with E-state index in [9.17, 15) is 0 Å². The van der Waals surface area contributed by atoms with Crippen molar-refractivity contribution >= 4 is 18.3 Å². The highest BCUT2D eigenvalue weighted by Gasteiger charge is 1.95. The number of nitrogens with zero attached hydrogens (tertiary/aromatic N) is 3. The Morgan fingerprint density at radius 2 is 1.94 bits per heavy atom. The van der Waals surface area contributed by atoms with Gasteiger partial charge in [-0.1, -0.05) is 23.8 Å². The Morgan fingerprint density at radius 3 is 2.47 bits per heavy atom. The van der Waals surface area contributed by atoms with Crippen LogP contribution in [0, 0.1) is 11.3 Å². The van der Waals surface area contributed by atoms with E-state index in [2.05, 4.69) is 28.9 Å². The molecule has 0 unspecified atom stereocenters. The zero-order valence-electron chi connectivity index (χ0n) is 9.75. The van der Waals surface area contributed by atoms with Crippen molar-refractivity contribution in [3.8, 4) is 6.07 Å². The lowest BCUT2D eigenvalue weighted by atomic mass is 10.2. The second kappa shape index (κ2) is 6.66. The summed E-state index contributed by atoms with van der Waals surface area (Å²) in [5.41, 5.74) is 2.24. The van der Waals surface area contributed by atoms with Gasteiger partial charge < -0.3 is 0 Å². The lowest BCUT2D eigenvalue weighted by Crippen LogP contribution is -1.77. The third-order valence-corrected chi connectivity index (χ3v) is 2.18. The van der Waals surface area contributed by atoms with Gasteiger partial charge in [0.15, 0.2) is 0 Å². The van der Waals surface area contributed by atoms with E-state index in [0.29, 0.717) is 10.6 Å². The van der Waals surface area contributed by atoms with Crippen LogP contribution in [0.3, 0.4) is 0 Å². The number of hydrogen-bond donors (Lipinski definition) is 1. The molecule has 1 aromatic carbocycles. The molecule has 0 amide bonds. The Morgan fingerprint density at radius 1 is 1.29 bits per heavy atom. The lowest BCUT2D eigenvalue weighted by molar-refractivity contribution is 1.20. The van der Waals surface area contributed by atoms with Gasteiger partial charge in [-0.2, -0.15) is 10.4 Å². The molecule has 0 saturated heterocycles. The van der Waals surface area contributed by atoms with Crippen LogP contribution in [-0.4, -0.2) is 0 Å². The molecule has 3 nitrogen and oxygen atoms in total.